The monoisotopic (exact) mass is 331 g/mol. The molecule has 0 saturated carbocycles. The van der Waals surface area contributed by atoms with Gasteiger partial charge in [-0.25, -0.2) is 0 Å². The Bertz CT molecular complexity index is 649. The molecule has 0 spiro atoms. The van der Waals surface area contributed by atoms with E-state index in [0.717, 1.165) is 24.0 Å². The van der Waals surface area contributed by atoms with Crippen LogP contribution in [-0.2, 0) is 6.42 Å². The van der Waals surface area contributed by atoms with Crippen LogP contribution >= 0.6 is 15.9 Å². The number of hydrogen-bond acceptors (Lipinski definition) is 3. The summed E-state index contributed by atoms with van der Waals surface area (Å²) in [4.78, 5) is 7.00. The van der Waals surface area contributed by atoms with Crippen LogP contribution in [0.1, 0.15) is 18.4 Å². The Hall–Kier alpha value is -1.13. The van der Waals surface area contributed by atoms with E-state index in [1.807, 2.05) is 12.4 Å². The van der Waals surface area contributed by atoms with Crippen molar-refractivity contribution in [1.29, 1.82) is 0 Å². The number of hydrogen-bond donors (Lipinski definition) is 1. The normalized spacial score (nSPS) is 22.2. The van der Waals surface area contributed by atoms with Crippen LogP contribution in [0.3, 0.4) is 0 Å². The number of benzene rings is 1. The van der Waals surface area contributed by atoms with Crippen LogP contribution in [0.25, 0.3) is 10.8 Å². The van der Waals surface area contributed by atoms with E-state index in [9.17, 15) is 0 Å². The van der Waals surface area contributed by atoms with E-state index < -0.39 is 0 Å². The number of anilines is 1. The summed E-state index contributed by atoms with van der Waals surface area (Å²) >= 11 is 3.66. The van der Waals surface area contributed by atoms with Gasteiger partial charge in [0.1, 0.15) is 0 Å². The molecule has 0 radical (unpaired) electrons. The van der Waals surface area contributed by atoms with Crippen LogP contribution < -0.4 is 10.2 Å². The van der Waals surface area contributed by atoms with Gasteiger partial charge in [0.05, 0.1) is 0 Å². The molecule has 1 aromatic heterocycles. The summed E-state index contributed by atoms with van der Waals surface area (Å²) in [6.07, 6.45) is 7.70. The average molecular weight is 332 g/mol. The van der Waals surface area contributed by atoms with Crippen LogP contribution in [0.5, 0.6) is 0 Å². The summed E-state index contributed by atoms with van der Waals surface area (Å²) < 4.78 is 1.15. The average Bonchev–Trinajstić information content (AvgIpc) is 2.52. The van der Waals surface area contributed by atoms with Crippen molar-refractivity contribution in [3.8, 4) is 0 Å². The van der Waals surface area contributed by atoms with Gasteiger partial charge in [-0.05, 0) is 43.5 Å². The minimum atomic E-state index is 0.634. The van der Waals surface area contributed by atoms with Crippen molar-refractivity contribution in [2.24, 2.45) is 0 Å². The van der Waals surface area contributed by atoms with Crippen LogP contribution in [0.4, 0.5) is 5.69 Å². The molecular formula is C16H18BrN3. The Morgan fingerprint density at radius 3 is 3.10 bits per heavy atom. The van der Waals surface area contributed by atoms with Crippen molar-refractivity contribution in [2.75, 3.05) is 24.5 Å². The topological polar surface area (TPSA) is 28.2 Å². The van der Waals surface area contributed by atoms with Gasteiger partial charge in [-0.1, -0.05) is 15.9 Å². The standard InChI is InChI=1S/C16H18BrN3/c17-14-3-4-15-16-11(8-19-10-13(14)16)5-7-20(15)12-2-1-6-18-9-12/h3-4,8,10,12,18H,1-2,5-7,9H2. The number of rotatable bonds is 1. The summed E-state index contributed by atoms with van der Waals surface area (Å²) in [6, 6.07) is 5.07. The first-order valence-corrected chi connectivity index (χ1v) is 8.16. The smallest absolute Gasteiger partial charge is 0.0453 e. The lowest BCUT2D eigenvalue weighted by Crippen LogP contribution is -2.48. The first-order valence-electron chi connectivity index (χ1n) is 7.37. The van der Waals surface area contributed by atoms with Crippen molar-refractivity contribution in [3.63, 3.8) is 0 Å². The zero-order valence-corrected chi connectivity index (χ0v) is 13.0. The molecule has 2 aromatic rings. The van der Waals surface area contributed by atoms with E-state index in [0.29, 0.717) is 6.04 Å². The van der Waals surface area contributed by atoms with E-state index in [4.69, 9.17) is 0 Å². The summed E-state index contributed by atoms with van der Waals surface area (Å²) in [7, 11) is 0. The zero-order chi connectivity index (χ0) is 13.5. The maximum atomic E-state index is 4.40. The molecule has 0 aliphatic carbocycles. The second-order valence-corrected chi connectivity index (χ2v) is 6.59. The van der Waals surface area contributed by atoms with E-state index in [2.05, 4.69) is 43.3 Å². The lowest BCUT2D eigenvalue weighted by Gasteiger charge is -2.39. The van der Waals surface area contributed by atoms with Crippen molar-refractivity contribution in [2.45, 2.75) is 25.3 Å². The number of halogens is 1. The quantitative estimate of drug-likeness (QED) is 0.870. The molecule has 0 bridgehead atoms. The van der Waals surface area contributed by atoms with Gasteiger partial charge in [-0.3, -0.25) is 4.98 Å². The molecule has 4 rings (SSSR count). The first-order chi connectivity index (χ1) is 9.84. The number of nitrogens with one attached hydrogen (secondary N) is 1. The van der Waals surface area contributed by atoms with Crippen LogP contribution in [0.2, 0.25) is 0 Å². The second kappa shape index (κ2) is 5.01. The molecule has 104 valence electrons. The highest BCUT2D eigenvalue weighted by molar-refractivity contribution is 9.10. The highest BCUT2D eigenvalue weighted by atomic mass is 79.9. The fourth-order valence-corrected chi connectivity index (χ4v) is 4.01. The molecule has 3 heterocycles. The zero-order valence-electron chi connectivity index (χ0n) is 11.4. The van der Waals surface area contributed by atoms with E-state index in [1.165, 1.54) is 41.4 Å². The SMILES string of the molecule is Brc1ccc2c3c(cncc13)CCN2C1CCCNC1. The third-order valence-electron chi connectivity index (χ3n) is 4.57. The van der Waals surface area contributed by atoms with Crippen LogP contribution in [0.15, 0.2) is 29.0 Å². The molecule has 1 N–H and O–H groups in total. The summed E-state index contributed by atoms with van der Waals surface area (Å²) in [6.45, 7) is 3.39. The van der Waals surface area contributed by atoms with Gasteiger partial charge in [0.15, 0.2) is 0 Å². The minimum Gasteiger partial charge on any atom is -0.366 e. The third-order valence-corrected chi connectivity index (χ3v) is 5.26. The molecule has 1 fully saturated rings. The first kappa shape index (κ1) is 12.6. The Morgan fingerprint density at radius 2 is 2.25 bits per heavy atom. The lowest BCUT2D eigenvalue weighted by molar-refractivity contribution is 0.431. The molecule has 1 saturated heterocycles. The highest BCUT2D eigenvalue weighted by Crippen LogP contribution is 2.38. The summed E-state index contributed by atoms with van der Waals surface area (Å²) in [5.41, 5.74) is 2.78. The van der Waals surface area contributed by atoms with Crippen molar-refractivity contribution >= 4 is 32.4 Å². The number of aromatic nitrogens is 1. The van der Waals surface area contributed by atoms with Gasteiger partial charge in [-0.15, -0.1) is 0 Å². The number of pyridine rings is 1. The van der Waals surface area contributed by atoms with Crippen molar-refractivity contribution < 1.29 is 0 Å². The summed E-state index contributed by atoms with van der Waals surface area (Å²) in [5.74, 6) is 0. The maximum Gasteiger partial charge on any atom is 0.0453 e. The van der Waals surface area contributed by atoms with Gasteiger partial charge in [0.25, 0.3) is 0 Å². The number of piperidine rings is 1. The summed E-state index contributed by atoms with van der Waals surface area (Å²) in [5, 5.41) is 6.17. The molecule has 4 heteroatoms. The van der Waals surface area contributed by atoms with Crippen molar-refractivity contribution in [3.05, 3.63) is 34.6 Å². The number of nitrogens with zero attached hydrogens (tertiary/aromatic N) is 2. The molecule has 2 aliphatic rings. The van der Waals surface area contributed by atoms with Gasteiger partial charge < -0.3 is 10.2 Å². The van der Waals surface area contributed by atoms with Crippen LogP contribution in [-0.4, -0.2) is 30.7 Å². The molecule has 3 nitrogen and oxygen atoms in total. The molecular weight excluding hydrogens is 314 g/mol. The molecule has 1 unspecified atom stereocenters. The Labute approximate surface area is 127 Å². The molecule has 20 heavy (non-hydrogen) atoms. The largest absolute Gasteiger partial charge is 0.366 e. The highest BCUT2D eigenvalue weighted by Gasteiger charge is 2.26. The molecule has 0 amide bonds. The lowest BCUT2D eigenvalue weighted by atomic mass is 9.95. The predicted octanol–water partition coefficient (Wildman–Crippen LogP) is 3.11. The minimum absolute atomic E-state index is 0.634. The van der Waals surface area contributed by atoms with Gasteiger partial charge in [0, 0.05) is 52.5 Å². The van der Waals surface area contributed by atoms with E-state index in [1.54, 1.807) is 0 Å². The Kier molecular flexibility index (Phi) is 3.15. The van der Waals surface area contributed by atoms with Gasteiger partial charge in [0.2, 0.25) is 0 Å². The Morgan fingerprint density at radius 1 is 1.30 bits per heavy atom. The second-order valence-electron chi connectivity index (χ2n) is 5.73. The van der Waals surface area contributed by atoms with Gasteiger partial charge >= 0.3 is 0 Å². The fourth-order valence-electron chi connectivity index (χ4n) is 3.58. The maximum absolute atomic E-state index is 4.40. The molecule has 1 atom stereocenters. The Balaban J connectivity index is 1.86. The fraction of sp³-hybridized carbons (Fsp3) is 0.438. The van der Waals surface area contributed by atoms with E-state index >= 15 is 0 Å². The van der Waals surface area contributed by atoms with Crippen LogP contribution in [0, 0.1) is 0 Å². The third kappa shape index (κ3) is 1.93. The predicted molar refractivity (Wildman–Crippen MR) is 86.4 cm³/mol. The molecule has 2 aliphatic heterocycles. The van der Waals surface area contributed by atoms with Crippen molar-refractivity contribution in [1.82, 2.24) is 10.3 Å². The van der Waals surface area contributed by atoms with Gasteiger partial charge in [-0.2, -0.15) is 0 Å². The molecule has 1 aromatic carbocycles. The van der Waals surface area contributed by atoms with E-state index in [-0.39, 0.29) is 0 Å².